The minimum atomic E-state index is -3.23. The van der Waals surface area contributed by atoms with Crippen molar-refractivity contribution < 1.29 is 14.3 Å². The summed E-state index contributed by atoms with van der Waals surface area (Å²) in [6.45, 7) is 14.1. The van der Waals surface area contributed by atoms with Crippen molar-refractivity contribution in [3.05, 3.63) is 113 Å². The molecule has 0 bridgehead atoms. The fourth-order valence-corrected chi connectivity index (χ4v) is 11.5. The lowest BCUT2D eigenvalue weighted by atomic mass is 9.97. The number of hydrogen-bond acceptors (Lipinski definition) is 7. The third kappa shape index (κ3) is 7.91. The summed E-state index contributed by atoms with van der Waals surface area (Å²) in [5, 5.41) is 1.77. The molecule has 1 aromatic heterocycles. The summed E-state index contributed by atoms with van der Waals surface area (Å²) in [5.41, 5.74) is 2.77. The molecule has 1 unspecified atom stereocenters. The van der Waals surface area contributed by atoms with Crippen LogP contribution in [0.4, 0.5) is 10.6 Å². The van der Waals surface area contributed by atoms with Crippen molar-refractivity contribution in [3.8, 4) is 0 Å². The Kier molecular flexibility index (Phi) is 10.7. The molecule has 1 atom stereocenters. The van der Waals surface area contributed by atoms with Crippen LogP contribution < -0.4 is 15.3 Å². The van der Waals surface area contributed by atoms with Crippen molar-refractivity contribution >= 4 is 42.2 Å². The monoisotopic (exact) mass is 711 g/mol. The van der Waals surface area contributed by atoms with Gasteiger partial charge in [-0.05, 0) is 72.6 Å². The highest BCUT2D eigenvalue weighted by Crippen LogP contribution is 2.42. The van der Waals surface area contributed by atoms with E-state index in [-0.39, 0.29) is 17.4 Å². The predicted molar refractivity (Wildman–Crippen MR) is 204 cm³/mol. The summed E-state index contributed by atoms with van der Waals surface area (Å²) >= 11 is 6.67. The number of ether oxygens (including phenoxy) is 1. The largest absolute Gasteiger partial charge is 0.444 e. The van der Waals surface area contributed by atoms with Gasteiger partial charge < -0.3 is 19.3 Å². The molecule has 0 spiro atoms. The van der Waals surface area contributed by atoms with Crippen molar-refractivity contribution in [2.45, 2.75) is 83.7 Å². The summed E-state index contributed by atoms with van der Waals surface area (Å²) < 4.78 is 5.84. The molecule has 0 radical (unpaired) electrons. The SMILES string of the molecule is CC(C)(C)OC(=O)N1CCN(c2nc(Cl)nc3c2CCN(Cc2ccccc2)C3)C(CCC(C)(C)[Si](O)(c2ccccc2)c2ccccc2)C1. The molecule has 3 aromatic carbocycles. The molecule has 6 rings (SSSR count). The van der Waals surface area contributed by atoms with E-state index in [4.69, 9.17) is 26.3 Å². The van der Waals surface area contributed by atoms with Gasteiger partial charge in [0, 0.05) is 50.9 Å². The van der Waals surface area contributed by atoms with Crippen LogP contribution in [0.5, 0.6) is 0 Å². The number of benzene rings is 3. The topological polar surface area (TPSA) is 82.0 Å². The van der Waals surface area contributed by atoms with Crippen molar-refractivity contribution in [2.24, 2.45) is 0 Å². The van der Waals surface area contributed by atoms with Gasteiger partial charge in [0.25, 0.3) is 8.32 Å². The standard InChI is InChI=1S/C40H50ClN5O3Si/c1-39(2,3)49-38(47)45-25-26-46(36-34-22-24-44(27-30-15-9-6-10-16-30)29-35(34)42-37(41)43-36)31(28-45)21-23-40(4,5)50(48,32-17-11-7-12-18-32)33-19-13-8-14-20-33/h6-20,31,48H,21-29H2,1-5H3. The summed E-state index contributed by atoms with van der Waals surface area (Å²) in [4.78, 5) is 42.5. The Morgan fingerprint density at radius 3 is 2.08 bits per heavy atom. The molecule has 8 nitrogen and oxygen atoms in total. The van der Waals surface area contributed by atoms with Crippen LogP contribution in [-0.2, 0) is 24.2 Å². The molecule has 0 aliphatic carbocycles. The average molecular weight is 712 g/mol. The Morgan fingerprint density at radius 2 is 1.48 bits per heavy atom. The minimum absolute atomic E-state index is 0.0715. The van der Waals surface area contributed by atoms with Crippen molar-refractivity contribution in [2.75, 3.05) is 31.1 Å². The number of amides is 1. The van der Waals surface area contributed by atoms with Gasteiger partial charge in [0.1, 0.15) is 11.4 Å². The first-order valence-electron chi connectivity index (χ1n) is 17.7. The Labute approximate surface area is 303 Å². The van der Waals surface area contributed by atoms with E-state index in [1.807, 2.05) is 68.1 Å². The highest BCUT2D eigenvalue weighted by atomic mass is 35.5. The molecule has 2 aliphatic rings. The number of anilines is 1. The van der Waals surface area contributed by atoms with E-state index in [1.54, 1.807) is 0 Å². The van der Waals surface area contributed by atoms with Gasteiger partial charge >= 0.3 is 6.09 Å². The second-order valence-corrected chi connectivity index (χ2v) is 19.6. The molecule has 1 fully saturated rings. The number of hydrogen-bond donors (Lipinski definition) is 1. The van der Waals surface area contributed by atoms with Gasteiger partial charge in [-0.3, -0.25) is 4.90 Å². The van der Waals surface area contributed by atoms with Crippen LogP contribution >= 0.6 is 11.6 Å². The van der Waals surface area contributed by atoms with Gasteiger partial charge in [-0.15, -0.1) is 0 Å². The van der Waals surface area contributed by atoms with E-state index in [0.29, 0.717) is 26.2 Å². The molecular weight excluding hydrogens is 662 g/mol. The highest BCUT2D eigenvalue weighted by molar-refractivity contribution is 6.98. The van der Waals surface area contributed by atoms with E-state index < -0.39 is 19.0 Å². The molecule has 0 saturated carbocycles. The lowest BCUT2D eigenvalue weighted by Gasteiger charge is -2.46. The van der Waals surface area contributed by atoms with Crippen molar-refractivity contribution in [1.29, 1.82) is 0 Å². The van der Waals surface area contributed by atoms with Crippen LogP contribution in [0.25, 0.3) is 0 Å². The average Bonchev–Trinajstić information content (AvgIpc) is 3.10. The molecule has 1 amide bonds. The van der Waals surface area contributed by atoms with Gasteiger partial charge in [0.2, 0.25) is 5.28 Å². The summed E-state index contributed by atoms with van der Waals surface area (Å²) in [6, 6.07) is 30.7. The van der Waals surface area contributed by atoms with E-state index in [0.717, 1.165) is 59.8 Å². The third-order valence-corrected chi connectivity index (χ3v) is 14.9. The maximum Gasteiger partial charge on any atom is 0.410 e. The number of carbonyl (C=O) groups is 1. The fraction of sp³-hybridized carbons (Fsp3) is 0.425. The molecule has 50 heavy (non-hydrogen) atoms. The Morgan fingerprint density at radius 1 is 0.880 bits per heavy atom. The zero-order chi connectivity index (χ0) is 35.5. The maximum absolute atomic E-state index is 13.4. The molecule has 4 aromatic rings. The van der Waals surface area contributed by atoms with Gasteiger partial charge in [-0.1, -0.05) is 105 Å². The van der Waals surface area contributed by atoms with Gasteiger partial charge in [0.05, 0.1) is 5.69 Å². The second kappa shape index (κ2) is 14.8. The van der Waals surface area contributed by atoms with Crippen LogP contribution in [0.3, 0.4) is 0 Å². The summed E-state index contributed by atoms with van der Waals surface area (Å²) in [6.07, 6.45) is 1.97. The van der Waals surface area contributed by atoms with Crippen LogP contribution in [0.1, 0.15) is 64.3 Å². The summed E-state index contributed by atoms with van der Waals surface area (Å²) in [7, 11) is -3.23. The first-order valence-corrected chi connectivity index (χ1v) is 20.1. The number of aromatic nitrogens is 2. The smallest absolute Gasteiger partial charge is 0.410 e. The molecule has 10 heteroatoms. The van der Waals surface area contributed by atoms with Crippen molar-refractivity contribution in [1.82, 2.24) is 19.8 Å². The molecule has 3 heterocycles. The number of fused-ring (bicyclic) bond motifs is 1. The van der Waals surface area contributed by atoms with E-state index in [2.05, 4.69) is 72.2 Å². The quantitative estimate of drug-likeness (QED) is 0.158. The minimum Gasteiger partial charge on any atom is -0.444 e. The third-order valence-electron chi connectivity index (χ3n) is 10.2. The van der Waals surface area contributed by atoms with E-state index in [9.17, 15) is 9.59 Å². The Balaban J connectivity index is 1.31. The molecule has 1 saturated heterocycles. The van der Waals surface area contributed by atoms with Crippen LogP contribution in [0.15, 0.2) is 91.0 Å². The van der Waals surface area contributed by atoms with E-state index >= 15 is 0 Å². The first kappa shape index (κ1) is 36.0. The van der Waals surface area contributed by atoms with Crippen LogP contribution in [-0.4, -0.2) is 76.8 Å². The predicted octanol–water partition coefficient (Wildman–Crippen LogP) is 6.43. The van der Waals surface area contributed by atoms with Crippen LogP contribution in [0, 0.1) is 0 Å². The lowest BCUT2D eigenvalue weighted by molar-refractivity contribution is 0.0210. The Hall–Kier alpha value is -3.76. The zero-order valence-corrected chi connectivity index (χ0v) is 31.7. The second-order valence-electron chi connectivity index (χ2n) is 15.3. The number of piperazine rings is 1. The van der Waals surface area contributed by atoms with Crippen LogP contribution in [0.2, 0.25) is 10.3 Å². The van der Waals surface area contributed by atoms with Crippen molar-refractivity contribution in [3.63, 3.8) is 0 Å². The molecule has 1 N–H and O–H groups in total. The Bertz CT molecular complexity index is 1710. The molecule has 264 valence electrons. The number of carbonyl (C=O) groups excluding carboxylic acids is 1. The van der Waals surface area contributed by atoms with Gasteiger partial charge in [-0.25, -0.2) is 14.8 Å². The molecular formula is C40H50ClN5O3Si. The normalized spacial score (nSPS) is 17.4. The van der Waals surface area contributed by atoms with Gasteiger partial charge in [0.15, 0.2) is 0 Å². The number of halogens is 1. The zero-order valence-electron chi connectivity index (χ0n) is 30.0. The number of nitrogens with zero attached hydrogens (tertiary/aromatic N) is 5. The fourth-order valence-electron chi connectivity index (χ4n) is 7.54. The van der Waals surface area contributed by atoms with E-state index in [1.165, 1.54) is 5.56 Å². The molecule has 2 aliphatic heterocycles. The summed E-state index contributed by atoms with van der Waals surface area (Å²) in [5.74, 6) is 0.865. The lowest BCUT2D eigenvalue weighted by Crippen LogP contribution is -2.65. The van der Waals surface area contributed by atoms with Gasteiger partial charge in [-0.2, -0.15) is 0 Å². The first-order chi connectivity index (χ1) is 23.8. The highest BCUT2D eigenvalue weighted by Gasteiger charge is 2.50. The number of rotatable bonds is 9. The maximum atomic E-state index is 13.4.